The lowest BCUT2D eigenvalue weighted by atomic mass is 10.1. The monoisotopic (exact) mass is 296 g/mol. The average molecular weight is 296 g/mol. The molecule has 0 rings (SSSR count). The third-order valence-electron chi connectivity index (χ3n) is 2.17. The van der Waals surface area contributed by atoms with Gasteiger partial charge in [0.1, 0.15) is 5.60 Å². The molecule has 0 aliphatic carbocycles. The lowest BCUT2D eigenvalue weighted by Crippen LogP contribution is -2.48. The van der Waals surface area contributed by atoms with Crippen LogP contribution >= 0.6 is 0 Å². The topological polar surface area (TPSA) is 74.8 Å². The van der Waals surface area contributed by atoms with Crippen LogP contribution in [0.4, 0.5) is 4.79 Å². The minimum Gasteiger partial charge on any atom is -0.444 e. The number of hydrogen-bond donors (Lipinski definition) is 3. The van der Waals surface area contributed by atoms with Gasteiger partial charge in [-0.3, -0.25) is 4.99 Å². The van der Waals surface area contributed by atoms with Crippen molar-refractivity contribution < 1.29 is 9.53 Å². The number of hydrogen-bond acceptors (Lipinski definition) is 3. The molecule has 0 aromatic carbocycles. The lowest BCUT2D eigenvalue weighted by Gasteiger charge is -2.27. The largest absolute Gasteiger partial charge is 0.444 e. The van der Waals surface area contributed by atoms with Crippen LogP contribution in [0.15, 0.2) is 4.99 Å². The highest BCUT2D eigenvalue weighted by Crippen LogP contribution is 2.09. The van der Waals surface area contributed by atoms with Gasteiger partial charge in [-0.25, -0.2) is 4.79 Å². The molecule has 120 valence electrons. The highest BCUT2D eigenvalue weighted by Gasteiger charge is 2.24. The molecule has 1 amide bonds. The molecule has 0 aliphatic rings. The first kappa shape index (κ1) is 19.1. The number of ether oxygens (including phenoxy) is 1. The van der Waals surface area contributed by atoms with E-state index in [9.17, 15) is 4.79 Å². The Bertz CT molecular complexity index is 403. The molecule has 0 spiro atoms. The molecule has 21 heavy (non-hydrogen) atoms. The number of aliphatic imine (C=N–C) groups is 1. The molecule has 0 atom stereocenters. The van der Waals surface area contributed by atoms with Crippen molar-refractivity contribution in [2.45, 2.75) is 52.7 Å². The zero-order valence-corrected chi connectivity index (χ0v) is 14.0. The van der Waals surface area contributed by atoms with Crippen LogP contribution in [0, 0.1) is 12.3 Å². The Labute approximate surface area is 128 Å². The Morgan fingerprint density at radius 1 is 1.24 bits per heavy atom. The number of terminal acetylenes is 1. The number of guanidine groups is 1. The standard InChI is InChI=1S/C15H28N4O2/c1-8-10-17-12(16-9-2)18-11-15(6,7)19-13(20)21-14(3,4)5/h1H,9-11H2,2-7H3,(H,19,20)(H2,16,17,18). The number of carbonyl (C=O) groups excluding carboxylic acids is 1. The molecule has 0 unspecified atom stereocenters. The van der Waals surface area contributed by atoms with Gasteiger partial charge in [0, 0.05) is 6.54 Å². The summed E-state index contributed by atoms with van der Waals surface area (Å²) in [5.74, 6) is 3.11. The van der Waals surface area contributed by atoms with Crippen LogP contribution in [-0.2, 0) is 4.74 Å². The molecule has 3 N–H and O–H groups in total. The zero-order chi connectivity index (χ0) is 16.5. The smallest absolute Gasteiger partial charge is 0.408 e. The maximum absolute atomic E-state index is 11.8. The van der Waals surface area contributed by atoms with Gasteiger partial charge < -0.3 is 20.7 Å². The van der Waals surface area contributed by atoms with E-state index in [0.717, 1.165) is 6.54 Å². The van der Waals surface area contributed by atoms with E-state index < -0.39 is 17.2 Å². The van der Waals surface area contributed by atoms with Crippen LogP contribution in [0.2, 0.25) is 0 Å². The molecule has 0 saturated heterocycles. The number of alkyl carbamates (subject to hydrolysis) is 1. The molecule has 0 aliphatic heterocycles. The second-order valence-electron chi connectivity index (χ2n) is 6.26. The van der Waals surface area contributed by atoms with Crippen molar-refractivity contribution in [3.8, 4) is 12.3 Å². The predicted octanol–water partition coefficient (Wildman–Crippen LogP) is 1.48. The summed E-state index contributed by atoms with van der Waals surface area (Å²) in [6.45, 7) is 12.7. The summed E-state index contributed by atoms with van der Waals surface area (Å²) in [5, 5.41) is 8.88. The Balaban J connectivity index is 4.56. The molecule has 6 nitrogen and oxygen atoms in total. The van der Waals surface area contributed by atoms with E-state index in [0.29, 0.717) is 19.0 Å². The number of nitrogens with zero attached hydrogens (tertiary/aromatic N) is 1. The van der Waals surface area contributed by atoms with Gasteiger partial charge >= 0.3 is 6.09 Å². The molecule has 0 aromatic rings. The number of carbonyl (C=O) groups is 1. The summed E-state index contributed by atoms with van der Waals surface area (Å²) in [4.78, 5) is 16.2. The van der Waals surface area contributed by atoms with E-state index in [1.54, 1.807) is 0 Å². The summed E-state index contributed by atoms with van der Waals surface area (Å²) in [6, 6.07) is 0. The second-order valence-corrected chi connectivity index (χ2v) is 6.26. The molecule has 0 saturated carbocycles. The van der Waals surface area contributed by atoms with Gasteiger partial charge in [-0.1, -0.05) is 5.92 Å². The Hall–Kier alpha value is -1.90. The molecule has 0 heterocycles. The summed E-state index contributed by atoms with van der Waals surface area (Å²) < 4.78 is 5.24. The Morgan fingerprint density at radius 2 is 1.86 bits per heavy atom. The van der Waals surface area contributed by atoms with E-state index in [-0.39, 0.29) is 0 Å². The third-order valence-corrected chi connectivity index (χ3v) is 2.17. The van der Waals surface area contributed by atoms with E-state index >= 15 is 0 Å². The third kappa shape index (κ3) is 10.5. The van der Waals surface area contributed by atoms with Crippen molar-refractivity contribution in [2.75, 3.05) is 19.6 Å². The van der Waals surface area contributed by atoms with Gasteiger partial charge in [0.2, 0.25) is 0 Å². The molecular weight excluding hydrogens is 268 g/mol. The van der Waals surface area contributed by atoms with Crippen LogP contribution in [-0.4, -0.2) is 42.8 Å². The first-order chi connectivity index (χ1) is 9.59. The van der Waals surface area contributed by atoms with Crippen molar-refractivity contribution in [3.05, 3.63) is 0 Å². The minimum absolute atomic E-state index is 0.395. The van der Waals surface area contributed by atoms with Gasteiger partial charge in [-0.05, 0) is 41.5 Å². The van der Waals surface area contributed by atoms with Crippen LogP contribution in [0.5, 0.6) is 0 Å². The summed E-state index contributed by atoms with van der Waals surface area (Å²) in [7, 11) is 0. The van der Waals surface area contributed by atoms with Gasteiger partial charge in [0.05, 0.1) is 18.6 Å². The van der Waals surface area contributed by atoms with E-state index in [1.165, 1.54) is 0 Å². The maximum atomic E-state index is 11.8. The summed E-state index contributed by atoms with van der Waals surface area (Å²) in [5.41, 5.74) is -1.05. The lowest BCUT2D eigenvalue weighted by molar-refractivity contribution is 0.0476. The summed E-state index contributed by atoms with van der Waals surface area (Å²) in [6.07, 6.45) is 4.76. The van der Waals surface area contributed by atoms with Gasteiger partial charge in [-0.15, -0.1) is 6.42 Å². The first-order valence-electron chi connectivity index (χ1n) is 7.06. The van der Waals surface area contributed by atoms with E-state index in [1.807, 2.05) is 41.5 Å². The predicted molar refractivity (Wildman–Crippen MR) is 86.3 cm³/mol. The molecular formula is C15H28N4O2. The Morgan fingerprint density at radius 3 is 2.33 bits per heavy atom. The SMILES string of the molecule is C#CCNC(=NCC(C)(C)NC(=O)OC(C)(C)C)NCC. The number of amides is 1. The molecule has 0 radical (unpaired) electrons. The quantitative estimate of drug-likeness (QED) is 0.408. The normalized spacial score (nSPS) is 12.3. The first-order valence-corrected chi connectivity index (χ1v) is 7.06. The fourth-order valence-corrected chi connectivity index (χ4v) is 1.37. The molecule has 0 fully saturated rings. The van der Waals surface area contributed by atoms with Crippen molar-refractivity contribution in [1.29, 1.82) is 0 Å². The second kappa shape index (κ2) is 8.40. The van der Waals surface area contributed by atoms with Crippen LogP contribution in [0.1, 0.15) is 41.5 Å². The number of rotatable bonds is 5. The van der Waals surface area contributed by atoms with Crippen molar-refractivity contribution in [3.63, 3.8) is 0 Å². The molecule has 0 bridgehead atoms. The van der Waals surface area contributed by atoms with Crippen molar-refractivity contribution in [2.24, 2.45) is 4.99 Å². The molecule has 0 aromatic heterocycles. The van der Waals surface area contributed by atoms with Crippen LogP contribution in [0.25, 0.3) is 0 Å². The fourth-order valence-electron chi connectivity index (χ4n) is 1.37. The van der Waals surface area contributed by atoms with Gasteiger partial charge in [-0.2, -0.15) is 0 Å². The van der Waals surface area contributed by atoms with Crippen molar-refractivity contribution in [1.82, 2.24) is 16.0 Å². The average Bonchev–Trinajstić information content (AvgIpc) is 2.29. The van der Waals surface area contributed by atoms with Gasteiger partial charge in [0.15, 0.2) is 5.96 Å². The molecule has 6 heteroatoms. The minimum atomic E-state index is -0.527. The fraction of sp³-hybridized carbons (Fsp3) is 0.733. The van der Waals surface area contributed by atoms with E-state index in [4.69, 9.17) is 11.2 Å². The highest BCUT2D eigenvalue weighted by molar-refractivity contribution is 5.80. The maximum Gasteiger partial charge on any atom is 0.408 e. The van der Waals surface area contributed by atoms with E-state index in [2.05, 4.69) is 26.9 Å². The van der Waals surface area contributed by atoms with Crippen LogP contribution in [0.3, 0.4) is 0 Å². The van der Waals surface area contributed by atoms with Crippen molar-refractivity contribution >= 4 is 12.1 Å². The summed E-state index contributed by atoms with van der Waals surface area (Å²) >= 11 is 0. The van der Waals surface area contributed by atoms with Gasteiger partial charge in [0.25, 0.3) is 0 Å². The zero-order valence-electron chi connectivity index (χ0n) is 14.0. The highest BCUT2D eigenvalue weighted by atomic mass is 16.6. The van der Waals surface area contributed by atoms with Crippen LogP contribution < -0.4 is 16.0 Å². The Kier molecular flexibility index (Phi) is 7.64. The number of nitrogens with one attached hydrogen (secondary N) is 3.